The first-order chi connectivity index (χ1) is 4.79. The van der Waals surface area contributed by atoms with Gasteiger partial charge in [-0.05, 0) is 25.9 Å². The van der Waals surface area contributed by atoms with Gasteiger partial charge in [0.2, 0.25) is 5.91 Å². The van der Waals surface area contributed by atoms with Crippen LogP contribution < -0.4 is 10.6 Å². The molecule has 0 spiro atoms. The normalized spacial score (nSPS) is 20.5. The zero-order valence-electron chi connectivity index (χ0n) is 5.89. The van der Waals surface area contributed by atoms with Crippen LogP contribution in [0.4, 0.5) is 0 Å². The third kappa shape index (κ3) is 2.35. The molecule has 0 aromatic rings. The predicted octanol–water partition coefficient (Wildman–Crippen LogP) is -0.434. The second-order valence-corrected chi connectivity index (χ2v) is 2.53. The van der Waals surface area contributed by atoms with Gasteiger partial charge in [-0.3, -0.25) is 4.79 Å². The van der Waals surface area contributed by atoms with Crippen LogP contribution in [-0.4, -0.2) is 25.0 Å². The fraction of sp³-hybridized carbons (Fsp3) is 0.714. The summed E-state index contributed by atoms with van der Waals surface area (Å²) >= 11 is 0. The molecular formula is C7H12N2O. The van der Waals surface area contributed by atoms with Crippen LogP contribution in [0.3, 0.4) is 0 Å². The van der Waals surface area contributed by atoms with Gasteiger partial charge >= 0.3 is 0 Å². The summed E-state index contributed by atoms with van der Waals surface area (Å²) in [6.45, 7) is 6.91. The summed E-state index contributed by atoms with van der Waals surface area (Å²) < 4.78 is 0. The second kappa shape index (κ2) is 3.56. The van der Waals surface area contributed by atoms with Crippen molar-refractivity contribution >= 4 is 5.91 Å². The van der Waals surface area contributed by atoms with Crippen LogP contribution in [0.15, 0.2) is 0 Å². The predicted molar refractivity (Wildman–Crippen MR) is 38.3 cm³/mol. The molecule has 1 amide bonds. The number of piperidine rings is 1. The summed E-state index contributed by atoms with van der Waals surface area (Å²) in [5, 5.41) is 5.88. The molecule has 0 saturated carbocycles. The van der Waals surface area contributed by atoms with E-state index < -0.39 is 5.91 Å². The number of amides is 1. The van der Waals surface area contributed by atoms with Crippen LogP contribution in [0.5, 0.6) is 0 Å². The van der Waals surface area contributed by atoms with Crippen LogP contribution in [0, 0.1) is 6.92 Å². The van der Waals surface area contributed by atoms with Crippen molar-refractivity contribution in [2.24, 2.45) is 0 Å². The highest BCUT2D eigenvalue weighted by Crippen LogP contribution is 2.00. The third-order valence-corrected chi connectivity index (χ3v) is 1.69. The van der Waals surface area contributed by atoms with Crippen molar-refractivity contribution in [3.63, 3.8) is 0 Å². The molecule has 1 heterocycles. The van der Waals surface area contributed by atoms with E-state index in [1.165, 1.54) is 0 Å². The van der Waals surface area contributed by atoms with Crippen molar-refractivity contribution in [2.75, 3.05) is 13.1 Å². The quantitative estimate of drug-likeness (QED) is 0.518. The van der Waals surface area contributed by atoms with Gasteiger partial charge in [0.05, 0.1) is 6.92 Å². The van der Waals surface area contributed by atoms with Crippen molar-refractivity contribution in [3.05, 3.63) is 6.92 Å². The van der Waals surface area contributed by atoms with Gasteiger partial charge in [0.1, 0.15) is 0 Å². The van der Waals surface area contributed by atoms with E-state index in [0.29, 0.717) is 6.04 Å². The van der Waals surface area contributed by atoms with Gasteiger partial charge in [0.25, 0.3) is 0 Å². The first-order valence-electron chi connectivity index (χ1n) is 3.56. The molecule has 1 fully saturated rings. The van der Waals surface area contributed by atoms with Gasteiger partial charge in [-0.25, -0.2) is 0 Å². The van der Waals surface area contributed by atoms with Crippen LogP contribution in [-0.2, 0) is 4.79 Å². The first-order valence-corrected chi connectivity index (χ1v) is 3.56. The van der Waals surface area contributed by atoms with Crippen LogP contribution >= 0.6 is 0 Å². The van der Waals surface area contributed by atoms with Gasteiger partial charge in [0.15, 0.2) is 0 Å². The zero-order valence-corrected chi connectivity index (χ0v) is 5.89. The lowest BCUT2D eigenvalue weighted by atomic mass is 10.1. The highest BCUT2D eigenvalue weighted by molar-refractivity contribution is 5.80. The molecule has 2 radical (unpaired) electrons. The fourth-order valence-corrected chi connectivity index (χ4v) is 1.17. The minimum Gasteiger partial charge on any atom is -0.353 e. The van der Waals surface area contributed by atoms with Crippen molar-refractivity contribution in [3.8, 4) is 0 Å². The van der Waals surface area contributed by atoms with E-state index in [4.69, 9.17) is 6.92 Å². The molecule has 0 bridgehead atoms. The maximum atomic E-state index is 10.4. The molecule has 1 saturated heterocycles. The lowest BCUT2D eigenvalue weighted by Gasteiger charge is -2.22. The first kappa shape index (κ1) is 7.54. The van der Waals surface area contributed by atoms with E-state index in [9.17, 15) is 4.79 Å². The highest BCUT2D eigenvalue weighted by Gasteiger charge is 2.12. The van der Waals surface area contributed by atoms with Crippen LogP contribution in [0.25, 0.3) is 0 Å². The topological polar surface area (TPSA) is 41.1 Å². The molecule has 0 aromatic heterocycles. The minimum absolute atomic E-state index is 0.291. The lowest BCUT2D eigenvalue weighted by molar-refractivity contribution is -0.117. The summed E-state index contributed by atoms with van der Waals surface area (Å²) in [4.78, 5) is 10.4. The standard InChI is InChI=1S/C7H12N2O/c1-6(10)9-7-2-4-8-5-3-7/h1,7-8H,2-5H2,(H,9,10). The van der Waals surface area contributed by atoms with E-state index in [1.54, 1.807) is 0 Å². The monoisotopic (exact) mass is 140 g/mol. The highest BCUT2D eigenvalue weighted by atomic mass is 16.1. The van der Waals surface area contributed by atoms with Crippen molar-refractivity contribution in [1.82, 2.24) is 10.6 Å². The Morgan fingerprint density at radius 3 is 2.60 bits per heavy atom. The molecule has 1 aliphatic rings. The van der Waals surface area contributed by atoms with E-state index >= 15 is 0 Å². The summed E-state index contributed by atoms with van der Waals surface area (Å²) in [6, 6.07) is 0.291. The second-order valence-electron chi connectivity index (χ2n) is 2.53. The van der Waals surface area contributed by atoms with Crippen molar-refractivity contribution < 1.29 is 4.79 Å². The molecule has 0 aliphatic carbocycles. The smallest absolute Gasteiger partial charge is 0.224 e. The minimum atomic E-state index is -0.410. The van der Waals surface area contributed by atoms with Gasteiger partial charge in [0, 0.05) is 6.04 Å². The molecule has 3 nitrogen and oxygen atoms in total. The molecule has 56 valence electrons. The number of rotatable bonds is 1. The zero-order chi connectivity index (χ0) is 7.40. The summed E-state index contributed by atoms with van der Waals surface area (Å²) in [6.07, 6.45) is 1.98. The van der Waals surface area contributed by atoms with E-state index in [-0.39, 0.29) is 0 Å². The maximum Gasteiger partial charge on any atom is 0.224 e. The molecular weight excluding hydrogens is 128 g/mol. The van der Waals surface area contributed by atoms with Gasteiger partial charge in [-0.2, -0.15) is 0 Å². The van der Waals surface area contributed by atoms with E-state index in [1.807, 2.05) is 0 Å². The van der Waals surface area contributed by atoms with Crippen LogP contribution in [0.1, 0.15) is 12.8 Å². The average molecular weight is 140 g/mol. The Kier molecular flexibility index (Phi) is 2.68. The Morgan fingerprint density at radius 2 is 2.10 bits per heavy atom. The molecule has 1 aliphatic heterocycles. The third-order valence-electron chi connectivity index (χ3n) is 1.69. The van der Waals surface area contributed by atoms with Crippen molar-refractivity contribution in [1.29, 1.82) is 0 Å². The van der Waals surface area contributed by atoms with Crippen LogP contribution in [0.2, 0.25) is 0 Å². The SMILES string of the molecule is [CH]C(=O)NC1CCNCC1. The summed E-state index contributed by atoms with van der Waals surface area (Å²) in [5.74, 6) is -0.410. The molecule has 1 rings (SSSR count). The Bertz CT molecular complexity index is 119. The molecule has 0 atom stereocenters. The molecule has 0 aromatic carbocycles. The Labute approximate surface area is 61.2 Å². The largest absolute Gasteiger partial charge is 0.353 e. The molecule has 3 heteroatoms. The van der Waals surface area contributed by atoms with E-state index in [2.05, 4.69) is 10.6 Å². The Morgan fingerprint density at radius 1 is 1.50 bits per heavy atom. The number of carbonyl (C=O) groups excluding carboxylic acids is 1. The van der Waals surface area contributed by atoms with Gasteiger partial charge in [-0.1, -0.05) is 0 Å². The van der Waals surface area contributed by atoms with Gasteiger partial charge < -0.3 is 10.6 Å². The fourth-order valence-electron chi connectivity index (χ4n) is 1.17. The van der Waals surface area contributed by atoms with Gasteiger partial charge in [-0.15, -0.1) is 0 Å². The molecule has 10 heavy (non-hydrogen) atoms. The Balaban J connectivity index is 2.19. The molecule has 0 unspecified atom stereocenters. The average Bonchev–Trinajstić information content (AvgIpc) is 1.88. The number of hydrogen-bond acceptors (Lipinski definition) is 2. The Hall–Kier alpha value is -0.570. The van der Waals surface area contributed by atoms with E-state index in [0.717, 1.165) is 25.9 Å². The summed E-state index contributed by atoms with van der Waals surface area (Å²) in [7, 11) is 0. The van der Waals surface area contributed by atoms with Crippen molar-refractivity contribution in [2.45, 2.75) is 18.9 Å². The molecule has 2 N–H and O–H groups in total. The maximum absolute atomic E-state index is 10.4. The number of nitrogens with one attached hydrogen (secondary N) is 2. The number of carbonyl (C=O) groups is 1. The summed E-state index contributed by atoms with van der Waals surface area (Å²) in [5.41, 5.74) is 0. The number of hydrogen-bond donors (Lipinski definition) is 2. The lowest BCUT2D eigenvalue weighted by Crippen LogP contribution is -2.41.